The van der Waals surface area contributed by atoms with Crippen molar-refractivity contribution in [2.24, 2.45) is 5.73 Å². The van der Waals surface area contributed by atoms with Gasteiger partial charge in [-0.05, 0) is 31.5 Å². The summed E-state index contributed by atoms with van der Waals surface area (Å²) >= 11 is 3.56. The number of hydrogen-bond acceptors (Lipinski definition) is 2. The van der Waals surface area contributed by atoms with Gasteiger partial charge in [-0.3, -0.25) is 0 Å². The molecular formula is C13H19BrN2. The van der Waals surface area contributed by atoms with Gasteiger partial charge in [0.1, 0.15) is 0 Å². The second-order valence-corrected chi connectivity index (χ2v) is 4.68. The number of nitrogens with zero attached hydrogens (tertiary/aromatic N) is 1. The highest BCUT2D eigenvalue weighted by Crippen LogP contribution is 2.27. The van der Waals surface area contributed by atoms with Crippen LogP contribution in [-0.4, -0.2) is 13.1 Å². The average molecular weight is 283 g/mol. The van der Waals surface area contributed by atoms with E-state index in [2.05, 4.69) is 52.5 Å². The SMILES string of the molecule is C=CCN(CC)c1ccc(C(C)N)c(Br)c1. The highest BCUT2D eigenvalue weighted by Gasteiger charge is 2.08. The number of anilines is 1. The van der Waals surface area contributed by atoms with Gasteiger partial charge in [-0.1, -0.05) is 28.1 Å². The Morgan fingerprint density at radius 2 is 2.25 bits per heavy atom. The predicted octanol–water partition coefficient (Wildman–Crippen LogP) is 3.48. The van der Waals surface area contributed by atoms with Crippen molar-refractivity contribution in [3.63, 3.8) is 0 Å². The van der Waals surface area contributed by atoms with Crippen molar-refractivity contribution in [1.82, 2.24) is 0 Å². The summed E-state index contributed by atoms with van der Waals surface area (Å²) in [5, 5.41) is 0. The molecule has 0 radical (unpaired) electrons. The lowest BCUT2D eigenvalue weighted by molar-refractivity contribution is 0.811. The first-order valence-electron chi connectivity index (χ1n) is 5.51. The Labute approximate surface area is 106 Å². The van der Waals surface area contributed by atoms with Crippen molar-refractivity contribution in [3.8, 4) is 0 Å². The molecule has 0 aromatic heterocycles. The maximum absolute atomic E-state index is 5.87. The molecule has 1 unspecified atom stereocenters. The topological polar surface area (TPSA) is 29.3 Å². The van der Waals surface area contributed by atoms with Crippen molar-refractivity contribution in [3.05, 3.63) is 40.9 Å². The highest BCUT2D eigenvalue weighted by atomic mass is 79.9. The fraction of sp³-hybridized carbons (Fsp3) is 0.385. The van der Waals surface area contributed by atoms with Gasteiger partial charge >= 0.3 is 0 Å². The lowest BCUT2D eigenvalue weighted by Crippen LogP contribution is -2.22. The summed E-state index contributed by atoms with van der Waals surface area (Å²) in [6.07, 6.45) is 1.91. The lowest BCUT2D eigenvalue weighted by atomic mass is 10.1. The van der Waals surface area contributed by atoms with Crippen LogP contribution in [0.1, 0.15) is 25.5 Å². The summed E-state index contributed by atoms with van der Waals surface area (Å²) in [6.45, 7) is 9.72. The number of rotatable bonds is 5. The van der Waals surface area contributed by atoms with Gasteiger partial charge in [0.05, 0.1) is 0 Å². The van der Waals surface area contributed by atoms with Crippen molar-refractivity contribution < 1.29 is 0 Å². The fourth-order valence-corrected chi connectivity index (χ4v) is 2.38. The molecule has 16 heavy (non-hydrogen) atoms. The van der Waals surface area contributed by atoms with Gasteiger partial charge in [0, 0.05) is 29.3 Å². The summed E-state index contributed by atoms with van der Waals surface area (Å²) in [6, 6.07) is 6.36. The first-order valence-corrected chi connectivity index (χ1v) is 6.30. The molecule has 0 saturated carbocycles. The second kappa shape index (κ2) is 6.06. The van der Waals surface area contributed by atoms with E-state index < -0.39 is 0 Å². The molecule has 1 atom stereocenters. The van der Waals surface area contributed by atoms with Crippen LogP contribution in [0.5, 0.6) is 0 Å². The van der Waals surface area contributed by atoms with Gasteiger partial charge in [-0.25, -0.2) is 0 Å². The van der Waals surface area contributed by atoms with Gasteiger partial charge in [0.25, 0.3) is 0 Å². The van der Waals surface area contributed by atoms with Crippen LogP contribution in [0.15, 0.2) is 35.3 Å². The molecule has 0 bridgehead atoms. The third-order valence-electron chi connectivity index (χ3n) is 2.57. The minimum atomic E-state index is 0.0536. The van der Waals surface area contributed by atoms with Crippen LogP contribution in [0, 0.1) is 0 Å². The molecule has 2 nitrogen and oxygen atoms in total. The minimum absolute atomic E-state index is 0.0536. The molecule has 0 fully saturated rings. The van der Waals surface area contributed by atoms with Gasteiger partial charge in [-0.15, -0.1) is 6.58 Å². The molecular weight excluding hydrogens is 264 g/mol. The monoisotopic (exact) mass is 282 g/mol. The molecule has 0 heterocycles. The van der Waals surface area contributed by atoms with Crippen molar-refractivity contribution >= 4 is 21.6 Å². The quantitative estimate of drug-likeness (QED) is 0.838. The molecule has 0 aliphatic heterocycles. The molecule has 0 saturated heterocycles. The number of likely N-dealkylation sites (N-methyl/N-ethyl adjacent to an activating group) is 1. The maximum atomic E-state index is 5.87. The standard InChI is InChI=1S/C13H19BrN2/c1-4-8-16(5-2)11-6-7-12(10(3)15)13(14)9-11/h4,6-7,9-10H,1,5,8,15H2,2-3H3. The van der Waals surface area contributed by atoms with Crippen LogP contribution in [0.25, 0.3) is 0 Å². The predicted molar refractivity (Wildman–Crippen MR) is 74.8 cm³/mol. The molecule has 88 valence electrons. The third-order valence-corrected chi connectivity index (χ3v) is 3.26. The number of benzene rings is 1. The normalized spacial score (nSPS) is 12.2. The Balaban J connectivity index is 2.99. The Morgan fingerprint density at radius 3 is 2.69 bits per heavy atom. The highest BCUT2D eigenvalue weighted by molar-refractivity contribution is 9.10. The molecule has 3 heteroatoms. The molecule has 0 aliphatic rings. The van der Waals surface area contributed by atoms with Gasteiger partial charge in [0.2, 0.25) is 0 Å². The van der Waals surface area contributed by atoms with Crippen molar-refractivity contribution in [1.29, 1.82) is 0 Å². The van der Waals surface area contributed by atoms with E-state index in [1.54, 1.807) is 0 Å². The van der Waals surface area contributed by atoms with Crippen LogP contribution < -0.4 is 10.6 Å². The van der Waals surface area contributed by atoms with Crippen molar-refractivity contribution in [2.45, 2.75) is 19.9 Å². The number of halogens is 1. The molecule has 0 amide bonds. The first-order chi connectivity index (χ1) is 7.60. The number of nitrogens with two attached hydrogens (primary N) is 1. The van der Waals surface area contributed by atoms with E-state index >= 15 is 0 Å². The molecule has 0 aliphatic carbocycles. The van der Waals surface area contributed by atoms with E-state index in [9.17, 15) is 0 Å². The molecule has 1 aromatic rings. The van der Waals surface area contributed by atoms with Crippen LogP contribution in [0.3, 0.4) is 0 Å². The fourth-order valence-electron chi connectivity index (χ4n) is 1.65. The Kier molecular flexibility index (Phi) is 5.03. The van der Waals surface area contributed by atoms with E-state index in [1.807, 2.05) is 13.0 Å². The van der Waals surface area contributed by atoms with Gasteiger partial charge < -0.3 is 10.6 Å². The molecule has 1 rings (SSSR count). The van der Waals surface area contributed by atoms with E-state index in [4.69, 9.17) is 5.73 Å². The van der Waals surface area contributed by atoms with E-state index in [0.717, 1.165) is 23.1 Å². The smallest absolute Gasteiger partial charge is 0.0380 e. The van der Waals surface area contributed by atoms with E-state index in [0.29, 0.717) is 0 Å². The zero-order valence-corrected chi connectivity index (χ0v) is 11.5. The minimum Gasteiger partial charge on any atom is -0.368 e. The van der Waals surface area contributed by atoms with Crippen LogP contribution in [0.4, 0.5) is 5.69 Å². The first kappa shape index (κ1) is 13.3. The molecule has 1 aromatic carbocycles. The summed E-state index contributed by atoms with van der Waals surface area (Å²) in [7, 11) is 0. The van der Waals surface area contributed by atoms with Crippen LogP contribution in [-0.2, 0) is 0 Å². The summed E-state index contributed by atoms with van der Waals surface area (Å²) in [5.41, 5.74) is 8.20. The Morgan fingerprint density at radius 1 is 1.56 bits per heavy atom. The van der Waals surface area contributed by atoms with E-state index in [1.165, 1.54) is 5.69 Å². The summed E-state index contributed by atoms with van der Waals surface area (Å²) < 4.78 is 1.07. The molecule has 0 spiro atoms. The van der Waals surface area contributed by atoms with Crippen molar-refractivity contribution in [2.75, 3.05) is 18.0 Å². The lowest BCUT2D eigenvalue weighted by Gasteiger charge is -2.22. The molecule has 2 N–H and O–H groups in total. The summed E-state index contributed by atoms with van der Waals surface area (Å²) in [5.74, 6) is 0. The number of hydrogen-bond donors (Lipinski definition) is 1. The Hall–Kier alpha value is -0.800. The van der Waals surface area contributed by atoms with Gasteiger partial charge in [-0.2, -0.15) is 0 Å². The average Bonchev–Trinajstić information content (AvgIpc) is 2.25. The van der Waals surface area contributed by atoms with E-state index in [-0.39, 0.29) is 6.04 Å². The Bertz CT molecular complexity index is 361. The van der Waals surface area contributed by atoms with Gasteiger partial charge in [0.15, 0.2) is 0 Å². The zero-order chi connectivity index (χ0) is 12.1. The largest absolute Gasteiger partial charge is 0.368 e. The maximum Gasteiger partial charge on any atom is 0.0380 e. The second-order valence-electron chi connectivity index (χ2n) is 3.82. The van der Waals surface area contributed by atoms with Crippen LogP contribution >= 0.6 is 15.9 Å². The third kappa shape index (κ3) is 3.09. The van der Waals surface area contributed by atoms with Crippen LogP contribution in [0.2, 0.25) is 0 Å². The summed E-state index contributed by atoms with van der Waals surface area (Å²) in [4.78, 5) is 2.25. The zero-order valence-electron chi connectivity index (χ0n) is 9.91.